The number of hydrogen-bond donors (Lipinski definition) is 2. The maximum absolute atomic E-state index is 12.9. The van der Waals surface area contributed by atoms with E-state index in [1.807, 2.05) is 0 Å². The Labute approximate surface area is 160 Å². The number of halogens is 1. The molecule has 0 fully saturated rings. The second kappa shape index (κ2) is 8.39. The summed E-state index contributed by atoms with van der Waals surface area (Å²) in [4.78, 5) is 26.8. The Kier molecular flexibility index (Phi) is 5.95. The van der Waals surface area contributed by atoms with Gasteiger partial charge < -0.3 is 24.3 Å². The van der Waals surface area contributed by atoms with Gasteiger partial charge in [0, 0.05) is 11.6 Å². The highest BCUT2D eigenvalue weighted by atomic mass is 35.5. The molecule has 1 atom stereocenters. The third-order valence-electron chi connectivity index (χ3n) is 4.21. The molecule has 0 aliphatic carbocycles. The van der Waals surface area contributed by atoms with Crippen LogP contribution in [0, 0.1) is 0 Å². The molecule has 1 aromatic carbocycles. The number of benzene rings is 1. The van der Waals surface area contributed by atoms with Gasteiger partial charge in [-0.15, -0.1) is 0 Å². The number of rotatable bonds is 8. The van der Waals surface area contributed by atoms with Gasteiger partial charge in [0.25, 0.3) is 5.91 Å². The van der Waals surface area contributed by atoms with E-state index in [9.17, 15) is 14.7 Å². The van der Waals surface area contributed by atoms with E-state index in [2.05, 4.69) is 0 Å². The number of Topliss-reactive ketones (excluding diaryl/α,β-unsaturated/α-hetero) is 1. The summed E-state index contributed by atoms with van der Waals surface area (Å²) in [6, 6.07) is 8.94. The Hall–Kier alpha value is -2.61. The van der Waals surface area contributed by atoms with Crippen molar-refractivity contribution in [1.29, 1.82) is 0 Å². The molecular weight excluding hydrogens is 374 g/mol. The Bertz CT molecular complexity index is 861. The summed E-state index contributed by atoms with van der Waals surface area (Å²) in [7, 11) is 0. The van der Waals surface area contributed by atoms with Crippen LogP contribution in [0.1, 0.15) is 22.2 Å². The van der Waals surface area contributed by atoms with E-state index in [1.54, 1.807) is 30.3 Å². The summed E-state index contributed by atoms with van der Waals surface area (Å²) in [6.45, 7) is 0.209. The van der Waals surface area contributed by atoms with Gasteiger partial charge in [-0.05, 0) is 23.8 Å². The first-order chi connectivity index (χ1) is 13.1. The highest BCUT2D eigenvalue weighted by Gasteiger charge is 2.44. The van der Waals surface area contributed by atoms with Crippen LogP contribution in [-0.4, -0.2) is 53.2 Å². The van der Waals surface area contributed by atoms with Gasteiger partial charge in [-0.25, -0.2) is 0 Å². The van der Waals surface area contributed by atoms with Crippen LogP contribution in [0.3, 0.4) is 0 Å². The lowest BCUT2D eigenvalue weighted by Gasteiger charge is -2.27. The van der Waals surface area contributed by atoms with Crippen molar-refractivity contribution in [2.24, 2.45) is 0 Å². The highest BCUT2D eigenvalue weighted by Crippen LogP contribution is 2.41. The van der Waals surface area contributed by atoms with Gasteiger partial charge >= 0.3 is 0 Å². The molecule has 0 saturated carbocycles. The maximum Gasteiger partial charge on any atom is 0.290 e. The molecule has 1 aliphatic rings. The van der Waals surface area contributed by atoms with Crippen LogP contribution in [0.2, 0.25) is 5.02 Å². The molecule has 7 nitrogen and oxygen atoms in total. The summed E-state index contributed by atoms with van der Waals surface area (Å²) in [5.41, 5.74) is 0.416. The fraction of sp³-hybridized carbons (Fsp3) is 0.263. The molecule has 3 rings (SSSR count). The van der Waals surface area contributed by atoms with Gasteiger partial charge in [-0.3, -0.25) is 9.59 Å². The zero-order valence-corrected chi connectivity index (χ0v) is 15.1. The Morgan fingerprint density at radius 1 is 1.22 bits per heavy atom. The van der Waals surface area contributed by atoms with Crippen molar-refractivity contribution >= 4 is 23.3 Å². The summed E-state index contributed by atoms with van der Waals surface area (Å²) >= 11 is 6.30. The smallest absolute Gasteiger partial charge is 0.290 e. The molecule has 0 bridgehead atoms. The standard InChI is InChI=1S/C19H18ClNO6/c20-13-5-2-1-4-12(13)16-15(17(23)14-6-3-9-27-14)18(24)19(25)21(16)7-10-26-11-8-22/h1-6,9,16,22,24H,7-8,10-11H2. The van der Waals surface area contributed by atoms with Gasteiger partial charge in [0.2, 0.25) is 5.78 Å². The van der Waals surface area contributed by atoms with Crippen LogP contribution in [0.5, 0.6) is 0 Å². The number of aliphatic hydroxyl groups excluding tert-OH is 2. The zero-order chi connectivity index (χ0) is 19.4. The first kappa shape index (κ1) is 19.2. The van der Waals surface area contributed by atoms with Crippen LogP contribution in [-0.2, 0) is 9.53 Å². The second-order valence-corrected chi connectivity index (χ2v) is 6.23. The van der Waals surface area contributed by atoms with E-state index >= 15 is 0 Å². The third kappa shape index (κ3) is 3.75. The quantitative estimate of drug-likeness (QED) is 0.529. The fourth-order valence-corrected chi connectivity index (χ4v) is 3.25. The molecule has 0 saturated heterocycles. The SMILES string of the molecule is O=C(C1=C(O)C(=O)N(CCOCCO)C1c1ccccc1Cl)c1ccco1. The van der Waals surface area contributed by atoms with E-state index < -0.39 is 23.5 Å². The van der Waals surface area contributed by atoms with Gasteiger partial charge in [0.1, 0.15) is 0 Å². The normalized spacial score (nSPS) is 17.0. The first-order valence-corrected chi connectivity index (χ1v) is 8.69. The Morgan fingerprint density at radius 2 is 2.00 bits per heavy atom. The van der Waals surface area contributed by atoms with Crippen molar-refractivity contribution in [2.45, 2.75) is 6.04 Å². The summed E-state index contributed by atoms with van der Waals surface area (Å²) in [5, 5.41) is 19.6. The lowest BCUT2D eigenvalue weighted by Crippen LogP contribution is -2.34. The number of carbonyl (C=O) groups excluding carboxylic acids is 2. The molecule has 2 aromatic rings. The number of aliphatic hydroxyl groups is 2. The molecule has 142 valence electrons. The zero-order valence-electron chi connectivity index (χ0n) is 14.3. The molecule has 1 amide bonds. The lowest BCUT2D eigenvalue weighted by atomic mass is 9.95. The maximum atomic E-state index is 12.9. The molecule has 8 heteroatoms. The largest absolute Gasteiger partial charge is 0.503 e. The third-order valence-corrected chi connectivity index (χ3v) is 4.55. The van der Waals surface area contributed by atoms with Crippen molar-refractivity contribution in [1.82, 2.24) is 4.90 Å². The van der Waals surface area contributed by atoms with Gasteiger partial charge in [-0.2, -0.15) is 0 Å². The molecule has 0 spiro atoms. The van der Waals surface area contributed by atoms with E-state index in [0.717, 1.165) is 0 Å². The monoisotopic (exact) mass is 391 g/mol. The van der Waals surface area contributed by atoms with E-state index in [4.69, 9.17) is 25.9 Å². The van der Waals surface area contributed by atoms with E-state index in [0.29, 0.717) is 10.6 Å². The molecule has 1 aliphatic heterocycles. The Balaban J connectivity index is 2.00. The molecule has 1 unspecified atom stereocenters. The van der Waals surface area contributed by atoms with Crippen molar-refractivity contribution < 1.29 is 29.0 Å². The van der Waals surface area contributed by atoms with E-state index in [-0.39, 0.29) is 37.7 Å². The number of amides is 1. The number of ether oxygens (including phenoxy) is 1. The molecule has 27 heavy (non-hydrogen) atoms. The van der Waals surface area contributed by atoms with Crippen LogP contribution < -0.4 is 0 Å². The van der Waals surface area contributed by atoms with Crippen molar-refractivity contribution in [3.05, 3.63) is 70.3 Å². The highest BCUT2D eigenvalue weighted by molar-refractivity contribution is 6.31. The van der Waals surface area contributed by atoms with Crippen molar-refractivity contribution in [2.75, 3.05) is 26.4 Å². The number of furan rings is 1. The number of carbonyl (C=O) groups is 2. The van der Waals surface area contributed by atoms with Crippen LogP contribution in [0.4, 0.5) is 0 Å². The summed E-state index contributed by atoms with van der Waals surface area (Å²) in [5.74, 6) is -1.90. The predicted molar refractivity (Wildman–Crippen MR) is 96.5 cm³/mol. The van der Waals surface area contributed by atoms with Gasteiger partial charge in [0.05, 0.1) is 37.7 Å². The minimum Gasteiger partial charge on any atom is -0.503 e. The topological polar surface area (TPSA) is 100 Å². The minimum absolute atomic E-state index is 0.0137. The Morgan fingerprint density at radius 3 is 2.67 bits per heavy atom. The first-order valence-electron chi connectivity index (χ1n) is 8.31. The molecule has 2 N–H and O–H groups in total. The van der Waals surface area contributed by atoms with Crippen molar-refractivity contribution in [3.63, 3.8) is 0 Å². The fourth-order valence-electron chi connectivity index (χ4n) is 3.01. The van der Waals surface area contributed by atoms with Crippen LogP contribution in [0.25, 0.3) is 0 Å². The molecular formula is C19H18ClNO6. The second-order valence-electron chi connectivity index (χ2n) is 5.83. The van der Waals surface area contributed by atoms with Crippen LogP contribution >= 0.6 is 11.6 Å². The molecule has 0 radical (unpaired) electrons. The predicted octanol–water partition coefficient (Wildman–Crippen LogP) is 2.52. The minimum atomic E-state index is -0.874. The number of ketones is 1. The number of nitrogens with zero attached hydrogens (tertiary/aromatic N) is 1. The van der Waals surface area contributed by atoms with Crippen LogP contribution in [0.15, 0.2) is 58.4 Å². The summed E-state index contributed by atoms with van der Waals surface area (Å²) in [6.07, 6.45) is 1.34. The summed E-state index contributed by atoms with van der Waals surface area (Å²) < 4.78 is 10.4. The van der Waals surface area contributed by atoms with Crippen molar-refractivity contribution in [3.8, 4) is 0 Å². The number of hydrogen-bond acceptors (Lipinski definition) is 6. The average molecular weight is 392 g/mol. The van der Waals surface area contributed by atoms with Gasteiger partial charge in [0.15, 0.2) is 11.5 Å². The van der Waals surface area contributed by atoms with Gasteiger partial charge in [-0.1, -0.05) is 29.8 Å². The lowest BCUT2D eigenvalue weighted by molar-refractivity contribution is -0.130. The average Bonchev–Trinajstić information content (AvgIpc) is 3.28. The molecule has 2 heterocycles. The molecule has 1 aromatic heterocycles. The van der Waals surface area contributed by atoms with E-state index in [1.165, 1.54) is 17.2 Å².